The molecule has 0 bridgehead atoms. The Morgan fingerprint density at radius 2 is 1.81 bits per heavy atom. The lowest BCUT2D eigenvalue weighted by atomic mass is 10.1. The van der Waals surface area contributed by atoms with Crippen LogP contribution in [0.4, 0.5) is 10.1 Å². The zero-order valence-electron chi connectivity index (χ0n) is 19.5. The number of likely N-dealkylation sites (N-methyl/N-ethyl adjacent to an activating group) is 1. The number of hydrazine groups is 1. The van der Waals surface area contributed by atoms with Crippen LogP contribution in [0.2, 0.25) is 0 Å². The number of carbonyl (C=O) groups excluding carboxylic acids is 1. The third-order valence-electron chi connectivity index (χ3n) is 5.97. The summed E-state index contributed by atoms with van der Waals surface area (Å²) in [5.74, 6) is -0.367. The van der Waals surface area contributed by atoms with Crippen molar-refractivity contribution in [2.75, 3.05) is 57.6 Å². The molecule has 5 nitrogen and oxygen atoms in total. The molecule has 0 unspecified atom stereocenters. The number of anilines is 1. The Morgan fingerprint density at radius 3 is 2.44 bits per heavy atom. The SMILES string of the molecule is CCC(=O)c1ccc(CN(c2ccccc2)N(CCCN2CCN(C)CC2)SC)c(F)c1. The van der Waals surface area contributed by atoms with Gasteiger partial charge in [-0.15, -0.1) is 0 Å². The van der Waals surface area contributed by atoms with Crippen LogP contribution in [0, 0.1) is 5.82 Å². The number of hydrogen-bond acceptors (Lipinski definition) is 6. The third kappa shape index (κ3) is 6.78. The summed E-state index contributed by atoms with van der Waals surface area (Å²) in [5.41, 5.74) is 2.04. The summed E-state index contributed by atoms with van der Waals surface area (Å²) in [7, 11) is 2.17. The van der Waals surface area contributed by atoms with Gasteiger partial charge in [-0.25, -0.2) is 4.39 Å². The van der Waals surface area contributed by atoms with Crippen molar-refractivity contribution in [3.8, 4) is 0 Å². The molecule has 0 atom stereocenters. The molecule has 0 saturated carbocycles. The molecule has 7 heteroatoms. The number of hydrogen-bond donors (Lipinski definition) is 0. The number of halogens is 1. The molecule has 0 aromatic heterocycles. The summed E-state index contributed by atoms with van der Waals surface area (Å²) in [6.07, 6.45) is 3.48. The largest absolute Gasteiger partial charge is 0.304 e. The Labute approximate surface area is 196 Å². The molecule has 2 aromatic carbocycles. The fourth-order valence-electron chi connectivity index (χ4n) is 3.93. The highest BCUT2D eigenvalue weighted by molar-refractivity contribution is 7.96. The summed E-state index contributed by atoms with van der Waals surface area (Å²) < 4.78 is 17.1. The summed E-state index contributed by atoms with van der Waals surface area (Å²) in [6.45, 7) is 8.62. The van der Waals surface area contributed by atoms with Gasteiger partial charge < -0.3 is 9.80 Å². The Balaban J connectivity index is 1.71. The number of carbonyl (C=O) groups is 1. The number of ketones is 1. The minimum Gasteiger partial charge on any atom is -0.304 e. The first-order chi connectivity index (χ1) is 15.5. The predicted octanol–water partition coefficient (Wildman–Crippen LogP) is 4.56. The topological polar surface area (TPSA) is 30.0 Å². The zero-order chi connectivity index (χ0) is 22.9. The monoisotopic (exact) mass is 458 g/mol. The van der Waals surface area contributed by atoms with Crippen molar-refractivity contribution in [1.82, 2.24) is 14.2 Å². The number of piperazine rings is 1. The van der Waals surface area contributed by atoms with E-state index in [4.69, 9.17) is 0 Å². The second-order valence-corrected chi connectivity index (χ2v) is 9.02. The van der Waals surface area contributed by atoms with E-state index in [1.54, 1.807) is 31.0 Å². The highest BCUT2D eigenvalue weighted by Crippen LogP contribution is 2.25. The molecule has 0 amide bonds. The molecule has 3 rings (SSSR count). The maximum absolute atomic E-state index is 14.9. The molecule has 0 N–H and O–H groups in total. The second kappa shape index (κ2) is 12.3. The van der Waals surface area contributed by atoms with Gasteiger partial charge in [-0.05, 0) is 44.5 Å². The van der Waals surface area contributed by atoms with Crippen molar-refractivity contribution in [2.24, 2.45) is 0 Å². The number of para-hydroxylation sites is 1. The average molecular weight is 459 g/mol. The molecule has 1 fully saturated rings. The first kappa shape index (κ1) is 24.7. The van der Waals surface area contributed by atoms with Crippen molar-refractivity contribution < 1.29 is 9.18 Å². The minimum absolute atomic E-state index is 0.0370. The maximum Gasteiger partial charge on any atom is 0.162 e. The minimum atomic E-state index is -0.330. The normalized spacial score (nSPS) is 15.3. The number of nitrogens with zero attached hydrogens (tertiary/aromatic N) is 4. The Morgan fingerprint density at radius 1 is 1.09 bits per heavy atom. The Hall–Kier alpha value is -1.93. The van der Waals surface area contributed by atoms with Crippen LogP contribution in [0.1, 0.15) is 35.7 Å². The lowest BCUT2D eigenvalue weighted by Crippen LogP contribution is -2.45. The lowest BCUT2D eigenvalue weighted by Gasteiger charge is -2.36. The summed E-state index contributed by atoms with van der Waals surface area (Å²) in [5, 5.41) is 2.13. The van der Waals surface area contributed by atoms with Gasteiger partial charge in [-0.2, -0.15) is 4.41 Å². The van der Waals surface area contributed by atoms with Gasteiger partial charge in [0.05, 0.1) is 12.2 Å². The van der Waals surface area contributed by atoms with Crippen LogP contribution in [0.15, 0.2) is 48.5 Å². The number of benzene rings is 2. The van der Waals surface area contributed by atoms with E-state index in [-0.39, 0.29) is 11.6 Å². The van der Waals surface area contributed by atoms with Gasteiger partial charge in [0.1, 0.15) is 5.82 Å². The Bertz CT molecular complexity index is 858. The van der Waals surface area contributed by atoms with Crippen molar-refractivity contribution in [1.29, 1.82) is 0 Å². The molecule has 32 heavy (non-hydrogen) atoms. The highest BCUT2D eigenvalue weighted by atomic mass is 32.2. The second-order valence-electron chi connectivity index (χ2n) is 8.23. The molecular weight excluding hydrogens is 423 g/mol. The van der Waals surface area contributed by atoms with Crippen LogP contribution >= 0.6 is 11.9 Å². The van der Waals surface area contributed by atoms with Crippen molar-refractivity contribution >= 4 is 23.4 Å². The molecule has 174 valence electrons. The molecule has 1 saturated heterocycles. The van der Waals surface area contributed by atoms with Gasteiger partial charge in [0.25, 0.3) is 0 Å². The quantitative estimate of drug-likeness (QED) is 0.279. The van der Waals surface area contributed by atoms with Crippen LogP contribution in [-0.2, 0) is 6.54 Å². The van der Waals surface area contributed by atoms with Gasteiger partial charge in [0.2, 0.25) is 0 Å². The number of rotatable bonds is 11. The van der Waals surface area contributed by atoms with Crippen molar-refractivity contribution in [2.45, 2.75) is 26.3 Å². The fraction of sp³-hybridized carbons (Fsp3) is 0.480. The maximum atomic E-state index is 14.9. The van der Waals surface area contributed by atoms with Crippen LogP contribution in [0.3, 0.4) is 0 Å². The van der Waals surface area contributed by atoms with E-state index in [2.05, 4.69) is 44.7 Å². The standard InChI is InChI=1S/C25H35FN4OS/c1-4-25(31)21-11-12-22(24(26)19-21)20-29(23-9-6-5-7-10-23)30(32-3)14-8-13-28-17-15-27(2)16-18-28/h5-7,9-12,19H,4,8,13-18,20H2,1-3H3. The van der Waals surface area contributed by atoms with Crippen LogP contribution < -0.4 is 5.01 Å². The zero-order valence-corrected chi connectivity index (χ0v) is 20.3. The van der Waals surface area contributed by atoms with E-state index in [9.17, 15) is 9.18 Å². The molecule has 1 aliphatic rings. The molecule has 1 heterocycles. The van der Waals surface area contributed by atoms with E-state index in [0.29, 0.717) is 24.1 Å². The van der Waals surface area contributed by atoms with Gasteiger partial charge in [-0.1, -0.05) is 49.2 Å². The molecule has 2 aromatic rings. The number of Topliss-reactive ketones (excluding diaryl/α,β-unsaturated/α-hetero) is 1. The van der Waals surface area contributed by atoms with E-state index in [1.165, 1.54) is 6.07 Å². The summed E-state index contributed by atoms with van der Waals surface area (Å²) >= 11 is 1.65. The van der Waals surface area contributed by atoms with Crippen molar-refractivity contribution in [3.05, 3.63) is 65.5 Å². The van der Waals surface area contributed by atoms with Gasteiger partial charge in [0.15, 0.2) is 5.78 Å². The third-order valence-corrected chi connectivity index (χ3v) is 6.77. The predicted molar refractivity (Wildman–Crippen MR) is 132 cm³/mol. The van der Waals surface area contributed by atoms with E-state index >= 15 is 0 Å². The smallest absolute Gasteiger partial charge is 0.162 e. The van der Waals surface area contributed by atoms with Crippen LogP contribution in [0.5, 0.6) is 0 Å². The van der Waals surface area contributed by atoms with Crippen LogP contribution in [0.25, 0.3) is 0 Å². The summed E-state index contributed by atoms with van der Waals surface area (Å²) in [6, 6.07) is 15.0. The fourth-order valence-corrected chi connectivity index (χ4v) is 4.59. The van der Waals surface area contributed by atoms with Crippen molar-refractivity contribution in [3.63, 3.8) is 0 Å². The van der Waals surface area contributed by atoms with Crippen LogP contribution in [-0.4, -0.2) is 72.6 Å². The van der Waals surface area contributed by atoms with Gasteiger partial charge in [-0.3, -0.25) is 9.80 Å². The Kier molecular flexibility index (Phi) is 9.53. The molecular formula is C25H35FN4OS. The van der Waals surface area contributed by atoms with E-state index in [1.807, 2.05) is 18.2 Å². The first-order valence-corrected chi connectivity index (χ1v) is 12.6. The average Bonchev–Trinajstić information content (AvgIpc) is 2.82. The highest BCUT2D eigenvalue weighted by Gasteiger charge is 2.20. The molecule has 0 radical (unpaired) electrons. The molecule has 0 aliphatic carbocycles. The van der Waals surface area contributed by atoms with E-state index < -0.39 is 0 Å². The lowest BCUT2D eigenvalue weighted by molar-refractivity contribution is 0.0987. The van der Waals surface area contributed by atoms with Gasteiger partial charge >= 0.3 is 0 Å². The first-order valence-electron chi connectivity index (χ1n) is 11.4. The van der Waals surface area contributed by atoms with E-state index in [0.717, 1.165) is 51.4 Å². The molecule has 0 spiro atoms. The summed E-state index contributed by atoms with van der Waals surface area (Å²) in [4.78, 5) is 16.8. The molecule has 1 aliphatic heterocycles. The van der Waals surface area contributed by atoms with Gasteiger partial charge in [0, 0.05) is 50.3 Å².